The zero-order valence-electron chi connectivity index (χ0n) is 12.7. The van der Waals surface area contributed by atoms with Crippen LogP contribution in [0, 0.1) is 11.2 Å². The second kappa shape index (κ2) is 6.48. The Morgan fingerprint density at radius 2 is 1.76 bits per heavy atom. The Morgan fingerprint density at radius 3 is 2.33 bits per heavy atom. The average molecular weight is 306 g/mol. The van der Waals surface area contributed by atoms with Crippen LogP contribution in [0.3, 0.4) is 0 Å². The Labute approximate surface area is 131 Å². The highest BCUT2D eigenvalue weighted by molar-refractivity contribution is 6.30. The number of hydrogen-bond acceptors (Lipinski definition) is 1. The first kappa shape index (κ1) is 15.8. The number of hydrogen-bond donors (Lipinski definition) is 1. The van der Waals surface area contributed by atoms with E-state index in [4.69, 9.17) is 11.6 Å². The van der Waals surface area contributed by atoms with E-state index in [1.165, 1.54) is 11.6 Å². The summed E-state index contributed by atoms with van der Waals surface area (Å²) in [6.45, 7) is 6.60. The first-order valence-electron chi connectivity index (χ1n) is 7.12. The first-order chi connectivity index (χ1) is 9.85. The Kier molecular flexibility index (Phi) is 4.89. The Bertz CT molecular complexity index is 590. The lowest BCUT2D eigenvalue weighted by atomic mass is 9.85. The van der Waals surface area contributed by atoms with Gasteiger partial charge in [-0.1, -0.05) is 62.7 Å². The maximum absolute atomic E-state index is 13.6. The van der Waals surface area contributed by atoms with Gasteiger partial charge in [0, 0.05) is 5.69 Å². The van der Waals surface area contributed by atoms with Crippen LogP contribution in [0.25, 0.3) is 0 Å². The second-order valence-corrected chi connectivity index (χ2v) is 6.91. The lowest BCUT2D eigenvalue weighted by molar-refractivity contribution is 0.352. The molecule has 0 spiro atoms. The van der Waals surface area contributed by atoms with Gasteiger partial charge in [-0.15, -0.1) is 0 Å². The van der Waals surface area contributed by atoms with Crippen LogP contribution >= 0.6 is 11.6 Å². The van der Waals surface area contributed by atoms with E-state index >= 15 is 0 Å². The molecule has 0 aliphatic rings. The summed E-state index contributed by atoms with van der Waals surface area (Å²) in [5.74, 6) is -0.399. The molecule has 1 unspecified atom stereocenters. The van der Waals surface area contributed by atoms with Crippen molar-refractivity contribution in [3.05, 3.63) is 64.9 Å². The van der Waals surface area contributed by atoms with Crippen LogP contribution in [0.4, 0.5) is 10.1 Å². The van der Waals surface area contributed by atoms with E-state index < -0.39 is 5.82 Å². The molecule has 0 heterocycles. The van der Waals surface area contributed by atoms with Crippen molar-refractivity contribution in [2.45, 2.75) is 33.2 Å². The summed E-state index contributed by atoms with van der Waals surface area (Å²) in [4.78, 5) is 0. The van der Waals surface area contributed by atoms with Gasteiger partial charge in [0.1, 0.15) is 5.82 Å². The molecule has 2 rings (SSSR count). The van der Waals surface area contributed by atoms with Gasteiger partial charge in [-0.25, -0.2) is 4.39 Å². The van der Waals surface area contributed by atoms with E-state index in [0.29, 0.717) is 0 Å². The Morgan fingerprint density at radius 1 is 1.10 bits per heavy atom. The van der Waals surface area contributed by atoms with Crippen molar-refractivity contribution in [3.8, 4) is 0 Å². The maximum Gasteiger partial charge on any atom is 0.143 e. The minimum Gasteiger partial charge on any atom is -0.378 e. The van der Waals surface area contributed by atoms with Crippen LogP contribution in [0.15, 0.2) is 48.5 Å². The summed E-state index contributed by atoms with van der Waals surface area (Å²) in [6, 6.07) is 15.2. The van der Waals surface area contributed by atoms with Gasteiger partial charge >= 0.3 is 0 Å². The molecular weight excluding hydrogens is 285 g/mol. The molecule has 0 amide bonds. The van der Waals surface area contributed by atoms with Crippen molar-refractivity contribution in [3.63, 3.8) is 0 Å². The van der Waals surface area contributed by atoms with Crippen LogP contribution in [0.2, 0.25) is 5.02 Å². The topological polar surface area (TPSA) is 12.0 Å². The Hall–Kier alpha value is -1.54. The lowest BCUT2D eigenvalue weighted by Gasteiger charge is -2.28. The van der Waals surface area contributed by atoms with E-state index in [0.717, 1.165) is 12.1 Å². The molecule has 2 aromatic carbocycles. The van der Waals surface area contributed by atoms with Gasteiger partial charge in [0.2, 0.25) is 0 Å². The molecule has 3 heteroatoms. The van der Waals surface area contributed by atoms with Crippen LogP contribution in [0.5, 0.6) is 0 Å². The van der Waals surface area contributed by atoms with Crippen molar-refractivity contribution in [1.29, 1.82) is 0 Å². The number of nitrogens with one attached hydrogen (secondary N) is 1. The van der Waals surface area contributed by atoms with E-state index in [9.17, 15) is 4.39 Å². The molecule has 1 N–H and O–H groups in total. The monoisotopic (exact) mass is 305 g/mol. The minimum absolute atomic E-state index is 0.131. The third-order valence-corrected chi connectivity index (χ3v) is 3.59. The smallest absolute Gasteiger partial charge is 0.143 e. The minimum atomic E-state index is -0.399. The predicted molar refractivity (Wildman–Crippen MR) is 88.3 cm³/mol. The third-order valence-electron chi connectivity index (χ3n) is 3.28. The fourth-order valence-corrected chi connectivity index (χ4v) is 2.45. The molecule has 0 bridgehead atoms. The highest BCUT2D eigenvalue weighted by atomic mass is 35.5. The predicted octanol–water partition coefficient (Wildman–Crippen LogP) is 6.07. The molecule has 0 aromatic heterocycles. The van der Waals surface area contributed by atoms with Crippen molar-refractivity contribution in [1.82, 2.24) is 0 Å². The average Bonchev–Trinajstić information content (AvgIpc) is 2.42. The highest BCUT2D eigenvalue weighted by Gasteiger charge is 2.20. The first-order valence-corrected chi connectivity index (χ1v) is 7.49. The summed E-state index contributed by atoms with van der Waals surface area (Å²) in [5, 5.41) is 3.57. The van der Waals surface area contributed by atoms with E-state index in [-0.39, 0.29) is 16.5 Å². The van der Waals surface area contributed by atoms with Gasteiger partial charge in [0.25, 0.3) is 0 Å². The molecule has 1 atom stereocenters. The van der Waals surface area contributed by atoms with Crippen LogP contribution in [0.1, 0.15) is 38.8 Å². The van der Waals surface area contributed by atoms with Gasteiger partial charge in [-0.2, -0.15) is 0 Å². The Balaban J connectivity index is 2.25. The molecule has 1 nitrogen and oxygen atoms in total. The van der Waals surface area contributed by atoms with Crippen molar-refractivity contribution >= 4 is 17.3 Å². The molecule has 21 heavy (non-hydrogen) atoms. The van der Waals surface area contributed by atoms with Crippen molar-refractivity contribution in [2.75, 3.05) is 5.32 Å². The third kappa shape index (κ3) is 4.75. The second-order valence-electron chi connectivity index (χ2n) is 6.50. The number of rotatable bonds is 4. The molecule has 112 valence electrons. The highest BCUT2D eigenvalue weighted by Crippen LogP contribution is 2.32. The summed E-state index contributed by atoms with van der Waals surface area (Å²) in [5.41, 5.74) is 2.11. The standard InChI is InChI=1S/C18H21ClFN/c1-18(2,3)12-17(13-7-5-4-6-8-13)21-14-9-10-15(19)16(20)11-14/h4-11,17,21H,12H2,1-3H3. The fraction of sp³-hybridized carbons (Fsp3) is 0.333. The largest absolute Gasteiger partial charge is 0.378 e. The van der Waals surface area contributed by atoms with Gasteiger partial charge in [-0.05, 0) is 35.6 Å². The molecule has 0 saturated heterocycles. The quantitative estimate of drug-likeness (QED) is 0.723. The number of halogens is 2. The summed E-state index contributed by atoms with van der Waals surface area (Å²) in [7, 11) is 0. The molecule has 0 radical (unpaired) electrons. The molecule has 0 fully saturated rings. The SMILES string of the molecule is CC(C)(C)CC(Nc1ccc(Cl)c(F)c1)c1ccccc1. The molecule has 2 aromatic rings. The summed E-state index contributed by atoms with van der Waals surface area (Å²) in [6.07, 6.45) is 0.946. The van der Waals surface area contributed by atoms with Crippen LogP contribution < -0.4 is 5.32 Å². The van der Waals surface area contributed by atoms with Crippen molar-refractivity contribution in [2.24, 2.45) is 5.41 Å². The number of benzene rings is 2. The van der Waals surface area contributed by atoms with Crippen LogP contribution in [-0.4, -0.2) is 0 Å². The van der Waals surface area contributed by atoms with Crippen LogP contribution in [-0.2, 0) is 0 Å². The van der Waals surface area contributed by atoms with E-state index in [1.54, 1.807) is 6.07 Å². The fourth-order valence-electron chi connectivity index (χ4n) is 2.34. The zero-order chi connectivity index (χ0) is 15.5. The molecule has 0 aliphatic heterocycles. The maximum atomic E-state index is 13.6. The summed E-state index contributed by atoms with van der Waals surface area (Å²) >= 11 is 5.74. The van der Waals surface area contributed by atoms with Gasteiger partial charge < -0.3 is 5.32 Å². The van der Waals surface area contributed by atoms with Gasteiger partial charge in [0.15, 0.2) is 0 Å². The molecule has 0 saturated carbocycles. The van der Waals surface area contributed by atoms with E-state index in [1.807, 2.05) is 24.3 Å². The zero-order valence-corrected chi connectivity index (χ0v) is 13.4. The van der Waals surface area contributed by atoms with Gasteiger partial charge in [-0.3, -0.25) is 0 Å². The van der Waals surface area contributed by atoms with E-state index in [2.05, 4.69) is 38.2 Å². The molecular formula is C18H21ClFN. The normalized spacial score (nSPS) is 13.0. The number of anilines is 1. The van der Waals surface area contributed by atoms with Gasteiger partial charge in [0.05, 0.1) is 11.1 Å². The summed E-state index contributed by atoms with van der Waals surface area (Å²) < 4.78 is 13.6. The lowest BCUT2D eigenvalue weighted by Crippen LogP contribution is -2.18. The molecule has 0 aliphatic carbocycles. The van der Waals surface area contributed by atoms with Crippen molar-refractivity contribution < 1.29 is 4.39 Å².